The number of methoxy groups -OCH3 is 1. The van der Waals surface area contributed by atoms with E-state index in [-0.39, 0.29) is 17.5 Å². The summed E-state index contributed by atoms with van der Waals surface area (Å²) in [6.45, 7) is 10.0. The Hall–Kier alpha value is -2.29. The molecule has 0 aliphatic carbocycles. The van der Waals surface area contributed by atoms with Crippen molar-refractivity contribution in [1.29, 1.82) is 0 Å². The average molecular weight is 366 g/mol. The summed E-state index contributed by atoms with van der Waals surface area (Å²) in [5.74, 6) is 0.297. The van der Waals surface area contributed by atoms with Gasteiger partial charge in [0.05, 0.1) is 7.11 Å². The van der Waals surface area contributed by atoms with Crippen molar-refractivity contribution in [2.24, 2.45) is 7.05 Å². The number of nitrogens with zero attached hydrogens (tertiary/aromatic N) is 4. The van der Waals surface area contributed by atoms with Gasteiger partial charge in [0.1, 0.15) is 5.56 Å². The van der Waals surface area contributed by atoms with Gasteiger partial charge in [-0.15, -0.1) is 5.10 Å². The third-order valence-electron chi connectivity index (χ3n) is 4.08. The largest absolute Gasteiger partial charge is 0.479 e. The molecule has 0 saturated carbocycles. The SMILES string of the molecule is COc1nn(C)cc1C(=O)N1CCN(CCNC(=O)NC(C)(C)C)CC1. The fourth-order valence-corrected chi connectivity index (χ4v) is 2.82. The molecular weight excluding hydrogens is 336 g/mol. The monoisotopic (exact) mass is 366 g/mol. The lowest BCUT2D eigenvalue weighted by atomic mass is 10.1. The Morgan fingerprint density at radius 2 is 1.88 bits per heavy atom. The summed E-state index contributed by atoms with van der Waals surface area (Å²) in [5.41, 5.74) is 0.243. The highest BCUT2D eigenvalue weighted by atomic mass is 16.5. The molecule has 0 aromatic carbocycles. The van der Waals surface area contributed by atoms with Gasteiger partial charge in [-0.3, -0.25) is 14.4 Å². The lowest BCUT2D eigenvalue weighted by molar-refractivity contribution is 0.0636. The van der Waals surface area contributed by atoms with Gasteiger partial charge in [0.15, 0.2) is 0 Å². The second-order valence-corrected chi connectivity index (χ2v) is 7.49. The predicted molar refractivity (Wildman–Crippen MR) is 98.4 cm³/mol. The van der Waals surface area contributed by atoms with Crippen LogP contribution < -0.4 is 15.4 Å². The quantitative estimate of drug-likeness (QED) is 0.781. The van der Waals surface area contributed by atoms with Crippen LogP contribution in [0.25, 0.3) is 0 Å². The molecule has 2 rings (SSSR count). The van der Waals surface area contributed by atoms with Gasteiger partial charge >= 0.3 is 6.03 Å². The van der Waals surface area contributed by atoms with Gasteiger partial charge in [-0.1, -0.05) is 0 Å². The summed E-state index contributed by atoms with van der Waals surface area (Å²) in [6, 6.07) is -0.157. The molecule has 9 nitrogen and oxygen atoms in total. The number of urea groups is 1. The van der Waals surface area contributed by atoms with Crippen molar-refractivity contribution in [2.45, 2.75) is 26.3 Å². The van der Waals surface area contributed by atoms with Gasteiger partial charge in [-0.2, -0.15) is 0 Å². The minimum Gasteiger partial charge on any atom is -0.479 e. The highest BCUT2D eigenvalue weighted by Crippen LogP contribution is 2.18. The number of piperazine rings is 1. The number of aromatic nitrogens is 2. The molecule has 1 aromatic heterocycles. The Bertz CT molecular complexity index is 629. The van der Waals surface area contributed by atoms with Gasteiger partial charge in [0, 0.05) is 58.1 Å². The summed E-state index contributed by atoms with van der Waals surface area (Å²) in [6.07, 6.45) is 1.69. The van der Waals surface area contributed by atoms with Crippen molar-refractivity contribution in [3.05, 3.63) is 11.8 Å². The molecule has 9 heteroatoms. The molecule has 2 N–H and O–H groups in total. The van der Waals surface area contributed by atoms with E-state index in [1.165, 1.54) is 7.11 Å². The zero-order chi connectivity index (χ0) is 19.3. The molecule has 0 spiro atoms. The third kappa shape index (κ3) is 5.62. The number of nitrogens with one attached hydrogen (secondary N) is 2. The minimum absolute atomic E-state index is 0.0581. The molecule has 1 saturated heterocycles. The van der Waals surface area contributed by atoms with Gasteiger partial charge < -0.3 is 20.3 Å². The van der Waals surface area contributed by atoms with Crippen LogP contribution in [0.15, 0.2) is 6.20 Å². The Labute approximate surface area is 154 Å². The molecular formula is C17H30N6O3. The maximum absolute atomic E-state index is 12.6. The highest BCUT2D eigenvalue weighted by Gasteiger charge is 2.26. The van der Waals surface area contributed by atoms with Crippen molar-refractivity contribution in [3.8, 4) is 5.88 Å². The first-order chi connectivity index (χ1) is 12.2. The van der Waals surface area contributed by atoms with E-state index < -0.39 is 0 Å². The van der Waals surface area contributed by atoms with E-state index in [1.54, 1.807) is 17.9 Å². The van der Waals surface area contributed by atoms with Crippen molar-refractivity contribution >= 4 is 11.9 Å². The van der Waals surface area contributed by atoms with Crippen molar-refractivity contribution in [1.82, 2.24) is 30.2 Å². The fraction of sp³-hybridized carbons (Fsp3) is 0.706. The number of carbonyl (C=O) groups is 2. The molecule has 0 unspecified atom stereocenters. The van der Waals surface area contributed by atoms with Gasteiger partial charge in [0.25, 0.3) is 5.91 Å². The molecule has 1 fully saturated rings. The molecule has 26 heavy (non-hydrogen) atoms. The number of hydrogen-bond donors (Lipinski definition) is 2. The zero-order valence-electron chi connectivity index (χ0n) is 16.3. The van der Waals surface area contributed by atoms with E-state index in [0.717, 1.165) is 19.6 Å². The second-order valence-electron chi connectivity index (χ2n) is 7.49. The lowest BCUT2D eigenvalue weighted by Crippen LogP contribution is -2.51. The van der Waals surface area contributed by atoms with E-state index in [4.69, 9.17) is 4.74 Å². The predicted octanol–water partition coefficient (Wildman–Crippen LogP) is 0.284. The molecule has 0 bridgehead atoms. The first-order valence-corrected chi connectivity index (χ1v) is 8.85. The molecule has 3 amide bonds. The molecule has 1 aliphatic heterocycles. The molecule has 0 atom stereocenters. The number of aryl methyl sites for hydroxylation is 1. The summed E-state index contributed by atoms with van der Waals surface area (Å²) in [4.78, 5) is 28.4. The van der Waals surface area contributed by atoms with E-state index in [1.807, 2.05) is 25.7 Å². The Morgan fingerprint density at radius 3 is 2.46 bits per heavy atom. The van der Waals surface area contributed by atoms with Crippen LogP contribution in [0.1, 0.15) is 31.1 Å². The topological polar surface area (TPSA) is 91.7 Å². The first kappa shape index (κ1) is 20.0. The normalized spacial score (nSPS) is 15.7. The summed E-state index contributed by atoms with van der Waals surface area (Å²) < 4.78 is 6.75. The average Bonchev–Trinajstić information content (AvgIpc) is 2.94. The number of rotatable bonds is 5. The lowest BCUT2D eigenvalue weighted by Gasteiger charge is -2.34. The first-order valence-electron chi connectivity index (χ1n) is 8.85. The smallest absolute Gasteiger partial charge is 0.315 e. The van der Waals surface area contributed by atoms with E-state index in [0.29, 0.717) is 31.1 Å². The van der Waals surface area contributed by atoms with Crippen molar-refractivity contribution < 1.29 is 14.3 Å². The summed E-state index contributed by atoms with van der Waals surface area (Å²) >= 11 is 0. The number of amides is 3. The summed E-state index contributed by atoms with van der Waals surface area (Å²) in [7, 11) is 3.28. The second kappa shape index (κ2) is 8.39. The maximum atomic E-state index is 12.6. The molecule has 146 valence electrons. The zero-order valence-corrected chi connectivity index (χ0v) is 16.3. The van der Waals surface area contributed by atoms with Crippen LogP contribution in [0.4, 0.5) is 4.79 Å². The highest BCUT2D eigenvalue weighted by molar-refractivity contribution is 5.96. The van der Waals surface area contributed by atoms with Crippen LogP contribution in [-0.4, -0.2) is 83.4 Å². The number of ether oxygens (including phenoxy) is 1. The molecule has 0 radical (unpaired) electrons. The van der Waals surface area contributed by atoms with Gasteiger partial charge in [0.2, 0.25) is 5.88 Å². The van der Waals surface area contributed by atoms with Gasteiger partial charge in [-0.05, 0) is 20.8 Å². The molecule has 1 aliphatic rings. The number of carbonyl (C=O) groups excluding carboxylic acids is 2. The molecule has 1 aromatic rings. The Kier molecular flexibility index (Phi) is 6.47. The third-order valence-corrected chi connectivity index (χ3v) is 4.08. The van der Waals surface area contributed by atoms with Crippen LogP contribution in [0.3, 0.4) is 0 Å². The van der Waals surface area contributed by atoms with Crippen LogP contribution in [-0.2, 0) is 7.05 Å². The van der Waals surface area contributed by atoms with E-state index >= 15 is 0 Å². The van der Waals surface area contributed by atoms with Crippen LogP contribution in [0.5, 0.6) is 5.88 Å². The standard InChI is InChI=1S/C17H30N6O3/c1-17(2,3)19-16(25)18-6-7-22-8-10-23(11-9-22)15(24)13-12-21(4)20-14(13)26-5/h12H,6-11H2,1-5H3,(H2,18,19,25). The Balaban J connectivity index is 1.75. The van der Waals surface area contributed by atoms with E-state index in [9.17, 15) is 9.59 Å². The van der Waals surface area contributed by atoms with E-state index in [2.05, 4.69) is 20.6 Å². The van der Waals surface area contributed by atoms with Crippen molar-refractivity contribution in [2.75, 3.05) is 46.4 Å². The Morgan fingerprint density at radius 1 is 1.23 bits per heavy atom. The van der Waals surface area contributed by atoms with Gasteiger partial charge in [-0.25, -0.2) is 4.79 Å². The molecule has 2 heterocycles. The minimum atomic E-state index is -0.247. The number of hydrogen-bond acceptors (Lipinski definition) is 5. The summed E-state index contributed by atoms with van der Waals surface area (Å²) in [5, 5.41) is 9.87. The van der Waals surface area contributed by atoms with Crippen molar-refractivity contribution in [3.63, 3.8) is 0 Å². The van der Waals surface area contributed by atoms with Crippen LogP contribution in [0, 0.1) is 0 Å². The van der Waals surface area contributed by atoms with Crippen LogP contribution >= 0.6 is 0 Å². The maximum Gasteiger partial charge on any atom is 0.315 e. The van der Waals surface area contributed by atoms with Crippen LogP contribution in [0.2, 0.25) is 0 Å². The fourth-order valence-electron chi connectivity index (χ4n) is 2.82.